The minimum absolute atomic E-state index is 0.199. The lowest BCUT2D eigenvalue weighted by Gasteiger charge is -2.39. The molecule has 1 aromatic rings. The fourth-order valence-corrected chi connectivity index (χ4v) is 6.00. The van der Waals surface area contributed by atoms with Crippen molar-refractivity contribution >= 4 is 0 Å². The molecule has 3 heteroatoms. The summed E-state index contributed by atoms with van der Waals surface area (Å²) in [6.07, 6.45) is 11.6. The summed E-state index contributed by atoms with van der Waals surface area (Å²) in [5.41, 5.74) is 3.09. The fraction of sp³-hybridized carbons (Fsp3) is 0.800. The Morgan fingerprint density at radius 2 is 1.57 bits per heavy atom. The van der Waals surface area contributed by atoms with Crippen LogP contribution >= 0.6 is 0 Å². The van der Waals surface area contributed by atoms with E-state index in [1.165, 1.54) is 69.4 Å². The Morgan fingerprint density at radius 3 is 2.11 bits per heavy atom. The zero-order valence-electron chi connectivity index (χ0n) is 18.9. The van der Waals surface area contributed by atoms with Crippen molar-refractivity contribution in [2.45, 2.75) is 96.7 Å². The molecule has 1 aliphatic carbocycles. The van der Waals surface area contributed by atoms with E-state index in [0.717, 1.165) is 18.3 Å². The minimum Gasteiger partial charge on any atom is -0.297 e. The molecule has 28 heavy (non-hydrogen) atoms. The van der Waals surface area contributed by atoms with Gasteiger partial charge in [0.2, 0.25) is 0 Å². The highest BCUT2D eigenvalue weighted by molar-refractivity contribution is 5.21. The number of hydrogen-bond donors (Lipinski definition) is 0. The molecule has 1 atom stereocenters. The van der Waals surface area contributed by atoms with E-state index in [9.17, 15) is 0 Å². The van der Waals surface area contributed by atoms with Gasteiger partial charge in [-0.2, -0.15) is 0 Å². The molecular weight excluding hydrogens is 342 g/mol. The normalized spacial score (nSPS) is 30.0. The average molecular weight is 384 g/mol. The monoisotopic (exact) mass is 383 g/mol. The molecule has 3 nitrogen and oxygen atoms in total. The Morgan fingerprint density at radius 1 is 0.929 bits per heavy atom. The number of nitrogens with zero attached hydrogens (tertiary/aromatic N) is 3. The number of rotatable bonds is 4. The zero-order valence-corrected chi connectivity index (χ0v) is 18.9. The van der Waals surface area contributed by atoms with E-state index >= 15 is 0 Å². The molecule has 4 fully saturated rings. The number of fused-ring (bicyclic) bond motifs is 4. The summed E-state index contributed by atoms with van der Waals surface area (Å²) < 4.78 is 0. The van der Waals surface area contributed by atoms with Crippen molar-refractivity contribution in [1.82, 2.24) is 14.8 Å². The molecule has 1 unspecified atom stereocenters. The maximum atomic E-state index is 4.94. The summed E-state index contributed by atoms with van der Waals surface area (Å²) in [7, 11) is 0. The molecule has 3 saturated heterocycles. The van der Waals surface area contributed by atoms with E-state index in [1.54, 1.807) is 0 Å². The Bertz CT molecular complexity index is 635. The van der Waals surface area contributed by atoms with Gasteiger partial charge in [-0.1, -0.05) is 6.07 Å². The van der Waals surface area contributed by atoms with Crippen LogP contribution in [-0.4, -0.2) is 45.5 Å². The first-order valence-corrected chi connectivity index (χ1v) is 11.7. The Balaban J connectivity index is 1.44. The van der Waals surface area contributed by atoms with E-state index in [2.05, 4.69) is 62.7 Å². The van der Waals surface area contributed by atoms with Gasteiger partial charge in [0.05, 0.1) is 0 Å². The second kappa shape index (κ2) is 7.72. The van der Waals surface area contributed by atoms with E-state index in [-0.39, 0.29) is 11.1 Å². The van der Waals surface area contributed by atoms with Crippen LogP contribution in [0.1, 0.15) is 90.4 Å². The van der Waals surface area contributed by atoms with Gasteiger partial charge in [-0.3, -0.25) is 14.8 Å². The maximum absolute atomic E-state index is 4.94. The molecule has 1 aromatic heterocycles. The number of aromatic nitrogens is 1. The van der Waals surface area contributed by atoms with Gasteiger partial charge in [-0.25, -0.2) is 0 Å². The molecule has 156 valence electrons. The SMILES string of the molecule is CC(C)(C)N1CCCC1c1ccc(CC(C)(C)N2CC3CCC(CC3)C2)nc1. The van der Waals surface area contributed by atoms with Crippen molar-refractivity contribution in [3.8, 4) is 0 Å². The molecule has 0 N–H and O–H groups in total. The van der Waals surface area contributed by atoms with Gasteiger partial charge in [-0.05, 0) is 103 Å². The Kier molecular flexibility index (Phi) is 5.61. The lowest BCUT2D eigenvalue weighted by molar-refractivity contribution is 0.106. The van der Waals surface area contributed by atoms with Gasteiger partial charge >= 0.3 is 0 Å². The van der Waals surface area contributed by atoms with Gasteiger partial charge in [0.1, 0.15) is 0 Å². The van der Waals surface area contributed by atoms with E-state index in [1.807, 2.05) is 0 Å². The summed E-state index contributed by atoms with van der Waals surface area (Å²) in [4.78, 5) is 10.4. The molecule has 0 spiro atoms. The molecule has 4 aliphatic rings. The second-order valence-corrected chi connectivity index (χ2v) is 11.4. The topological polar surface area (TPSA) is 19.4 Å². The Labute approximate surface area is 172 Å². The first kappa shape index (κ1) is 20.3. The molecule has 0 radical (unpaired) electrons. The molecule has 1 saturated carbocycles. The summed E-state index contributed by atoms with van der Waals surface area (Å²) in [6, 6.07) is 5.21. The van der Waals surface area contributed by atoms with Crippen molar-refractivity contribution in [2.75, 3.05) is 19.6 Å². The van der Waals surface area contributed by atoms with Crippen molar-refractivity contribution in [1.29, 1.82) is 0 Å². The highest BCUT2D eigenvalue weighted by Gasteiger charge is 2.37. The number of likely N-dealkylation sites (tertiary alicyclic amines) is 1. The third kappa shape index (κ3) is 4.31. The van der Waals surface area contributed by atoms with Crippen LogP contribution in [0.15, 0.2) is 18.3 Å². The van der Waals surface area contributed by atoms with E-state index < -0.39 is 0 Å². The Hall–Kier alpha value is -0.930. The largest absolute Gasteiger partial charge is 0.297 e. The van der Waals surface area contributed by atoms with Gasteiger partial charge in [0, 0.05) is 48.5 Å². The molecule has 2 bridgehead atoms. The summed E-state index contributed by atoms with van der Waals surface area (Å²) >= 11 is 0. The second-order valence-electron chi connectivity index (χ2n) is 11.4. The van der Waals surface area contributed by atoms with Crippen LogP contribution in [0, 0.1) is 11.8 Å². The van der Waals surface area contributed by atoms with Gasteiger partial charge in [0.15, 0.2) is 0 Å². The average Bonchev–Trinajstić information content (AvgIpc) is 2.93. The first-order chi connectivity index (χ1) is 13.2. The van der Waals surface area contributed by atoms with E-state index in [4.69, 9.17) is 4.98 Å². The van der Waals surface area contributed by atoms with Crippen LogP contribution in [0.4, 0.5) is 0 Å². The zero-order chi connectivity index (χ0) is 19.9. The van der Waals surface area contributed by atoms with Crippen molar-refractivity contribution in [2.24, 2.45) is 11.8 Å². The summed E-state index contributed by atoms with van der Waals surface area (Å²) in [6.45, 7) is 15.7. The molecular formula is C25H41N3. The van der Waals surface area contributed by atoms with Crippen LogP contribution in [-0.2, 0) is 6.42 Å². The van der Waals surface area contributed by atoms with Crippen LogP contribution < -0.4 is 0 Å². The molecule has 5 rings (SSSR count). The molecule has 4 heterocycles. The number of hydrogen-bond acceptors (Lipinski definition) is 3. The quantitative estimate of drug-likeness (QED) is 0.688. The predicted octanol–water partition coefficient (Wildman–Crippen LogP) is 5.46. The van der Waals surface area contributed by atoms with Gasteiger partial charge < -0.3 is 0 Å². The standard InChI is InChI=1S/C25H41N3/c1-24(2,3)28-14-6-7-23(28)21-12-13-22(26-16-21)15-25(4,5)27-17-19-8-9-20(18-27)11-10-19/h12-13,16,19-20,23H,6-11,14-15,17-18H2,1-5H3. The third-order valence-electron chi connectivity index (χ3n) is 7.74. The molecule has 3 aliphatic heterocycles. The van der Waals surface area contributed by atoms with Crippen LogP contribution in [0.5, 0.6) is 0 Å². The lowest BCUT2D eigenvalue weighted by atomic mass is 9.84. The smallest absolute Gasteiger partial charge is 0.0422 e. The lowest BCUT2D eigenvalue weighted by Crippen LogP contribution is -2.47. The van der Waals surface area contributed by atoms with Crippen molar-refractivity contribution in [3.63, 3.8) is 0 Å². The highest BCUT2D eigenvalue weighted by Crippen LogP contribution is 2.38. The highest BCUT2D eigenvalue weighted by atomic mass is 15.2. The maximum Gasteiger partial charge on any atom is 0.0422 e. The van der Waals surface area contributed by atoms with Crippen LogP contribution in [0.3, 0.4) is 0 Å². The molecule has 0 amide bonds. The van der Waals surface area contributed by atoms with E-state index in [0.29, 0.717) is 6.04 Å². The minimum atomic E-state index is 0.199. The fourth-order valence-electron chi connectivity index (χ4n) is 6.00. The van der Waals surface area contributed by atoms with Gasteiger partial charge in [-0.15, -0.1) is 0 Å². The first-order valence-electron chi connectivity index (χ1n) is 11.7. The predicted molar refractivity (Wildman–Crippen MR) is 117 cm³/mol. The molecule has 0 aromatic carbocycles. The third-order valence-corrected chi connectivity index (χ3v) is 7.74. The number of pyridine rings is 1. The van der Waals surface area contributed by atoms with Crippen LogP contribution in [0.25, 0.3) is 0 Å². The van der Waals surface area contributed by atoms with Crippen LogP contribution in [0.2, 0.25) is 0 Å². The summed E-state index contributed by atoms with van der Waals surface area (Å²) in [5, 5.41) is 0. The van der Waals surface area contributed by atoms with Crippen molar-refractivity contribution in [3.05, 3.63) is 29.6 Å². The summed E-state index contributed by atoms with van der Waals surface area (Å²) in [5.74, 6) is 1.86. The van der Waals surface area contributed by atoms with Crippen molar-refractivity contribution < 1.29 is 0 Å². The van der Waals surface area contributed by atoms with Gasteiger partial charge in [0.25, 0.3) is 0 Å².